The summed E-state index contributed by atoms with van der Waals surface area (Å²) in [6, 6.07) is 6.80. The fraction of sp³-hybridized carbons (Fsp3) is 0.478. The Morgan fingerprint density at radius 2 is 1.24 bits per heavy atom. The van der Waals surface area contributed by atoms with Gasteiger partial charge in [-0.05, 0) is 57.7 Å². The summed E-state index contributed by atoms with van der Waals surface area (Å²) in [5, 5.41) is 21.2. The number of rotatable bonds is 3. The van der Waals surface area contributed by atoms with Crippen molar-refractivity contribution in [1.82, 2.24) is 4.90 Å². The van der Waals surface area contributed by atoms with E-state index in [4.69, 9.17) is 11.6 Å². The van der Waals surface area contributed by atoms with Gasteiger partial charge in [0.25, 0.3) is 0 Å². The summed E-state index contributed by atoms with van der Waals surface area (Å²) in [6.45, 7) is 14.9. The van der Waals surface area contributed by atoms with Gasteiger partial charge >= 0.3 is 11.9 Å². The lowest BCUT2D eigenvalue weighted by atomic mass is 9.53. The molecule has 0 bridgehead atoms. The van der Waals surface area contributed by atoms with E-state index in [1.807, 2.05) is 46.4 Å². The minimum absolute atomic E-state index is 0.0743. The van der Waals surface area contributed by atoms with Gasteiger partial charge in [0.1, 0.15) is 0 Å². The molecule has 158 valence electrons. The molecule has 1 aliphatic rings. The molecule has 1 heterocycles. The lowest BCUT2D eigenvalue weighted by molar-refractivity contribution is -0.135. The minimum Gasteiger partial charge on any atom is -0.478 e. The number of halogens is 1. The van der Waals surface area contributed by atoms with Crippen LogP contribution in [0.25, 0.3) is 0 Å². The van der Waals surface area contributed by atoms with E-state index in [9.17, 15) is 19.8 Å². The fourth-order valence-corrected chi connectivity index (χ4v) is 5.08. The molecule has 0 aromatic heterocycles. The number of benzene rings is 1. The highest BCUT2D eigenvalue weighted by atomic mass is 35.5. The quantitative estimate of drug-likeness (QED) is 0.680. The second-order valence-electron chi connectivity index (χ2n) is 9.54. The van der Waals surface area contributed by atoms with Gasteiger partial charge in [-0.15, -0.1) is 0 Å². The SMILES string of the molecule is CC1=C(C(=O)O)C(c2ccc(Cl)cc2)(C(C)(C)C)C(C(=O)O)=C(C)N1C(C)(C)C. The summed E-state index contributed by atoms with van der Waals surface area (Å²) in [6.07, 6.45) is 0. The average molecular weight is 420 g/mol. The summed E-state index contributed by atoms with van der Waals surface area (Å²) >= 11 is 6.08. The van der Waals surface area contributed by atoms with E-state index in [2.05, 4.69) is 0 Å². The zero-order valence-corrected chi connectivity index (χ0v) is 19.1. The Morgan fingerprint density at radius 3 is 1.52 bits per heavy atom. The smallest absolute Gasteiger partial charge is 0.334 e. The molecule has 2 rings (SSSR count). The van der Waals surface area contributed by atoms with Gasteiger partial charge in [0.15, 0.2) is 0 Å². The Hall–Kier alpha value is -2.27. The molecule has 0 spiro atoms. The molecule has 0 saturated heterocycles. The van der Waals surface area contributed by atoms with Crippen molar-refractivity contribution in [2.24, 2.45) is 5.41 Å². The second kappa shape index (κ2) is 7.21. The largest absolute Gasteiger partial charge is 0.478 e. The summed E-state index contributed by atoms with van der Waals surface area (Å²) < 4.78 is 0. The third-order valence-corrected chi connectivity index (χ3v) is 5.90. The molecule has 6 heteroatoms. The van der Waals surface area contributed by atoms with Crippen LogP contribution < -0.4 is 0 Å². The van der Waals surface area contributed by atoms with Crippen LogP contribution in [-0.4, -0.2) is 32.6 Å². The van der Waals surface area contributed by atoms with Crippen LogP contribution in [0.4, 0.5) is 0 Å². The minimum atomic E-state index is -1.37. The molecular weight excluding hydrogens is 390 g/mol. The molecule has 0 unspecified atom stereocenters. The first kappa shape index (κ1) is 23.0. The van der Waals surface area contributed by atoms with Gasteiger partial charge in [0.2, 0.25) is 0 Å². The van der Waals surface area contributed by atoms with E-state index >= 15 is 0 Å². The number of carboxylic acids is 2. The molecule has 5 nitrogen and oxygen atoms in total. The highest BCUT2D eigenvalue weighted by Crippen LogP contribution is 2.57. The molecule has 0 saturated carbocycles. The van der Waals surface area contributed by atoms with Crippen molar-refractivity contribution >= 4 is 23.5 Å². The van der Waals surface area contributed by atoms with E-state index in [-0.39, 0.29) is 11.1 Å². The summed E-state index contributed by atoms with van der Waals surface area (Å²) in [5.74, 6) is -2.26. The topological polar surface area (TPSA) is 77.8 Å². The zero-order chi connectivity index (χ0) is 22.5. The summed E-state index contributed by atoms with van der Waals surface area (Å²) in [7, 11) is 0. The Kier molecular flexibility index (Phi) is 5.72. The van der Waals surface area contributed by atoms with Gasteiger partial charge in [-0.1, -0.05) is 44.5 Å². The van der Waals surface area contributed by atoms with Crippen LogP contribution in [0.2, 0.25) is 5.02 Å². The monoisotopic (exact) mass is 419 g/mol. The van der Waals surface area contributed by atoms with Crippen LogP contribution in [0.15, 0.2) is 46.8 Å². The van der Waals surface area contributed by atoms with E-state index in [0.717, 1.165) is 0 Å². The van der Waals surface area contributed by atoms with E-state index in [1.165, 1.54) is 0 Å². The Labute approximate surface area is 177 Å². The number of carboxylic acid groups (broad SMARTS) is 2. The lowest BCUT2D eigenvalue weighted by Gasteiger charge is -2.54. The molecule has 1 aromatic rings. The van der Waals surface area contributed by atoms with Gasteiger partial charge in [-0.25, -0.2) is 9.59 Å². The highest BCUT2D eigenvalue weighted by Gasteiger charge is 2.58. The first-order valence-electron chi connectivity index (χ1n) is 9.54. The summed E-state index contributed by atoms with van der Waals surface area (Å²) in [4.78, 5) is 27.2. The Balaban J connectivity index is 3.18. The first-order valence-corrected chi connectivity index (χ1v) is 9.91. The van der Waals surface area contributed by atoms with Gasteiger partial charge in [0, 0.05) is 22.0 Å². The number of nitrogens with zero attached hydrogens (tertiary/aromatic N) is 1. The number of aliphatic carboxylic acids is 2. The molecule has 0 amide bonds. The van der Waals surface area contributed by atoms with Crippen LogP contribution in [0, 0.1) is 5.41 Å². The fourth-order valence-electron chi connectivity index (χ4n) is 4.95. The maximum absolute atomic E-state index is 12.7. The van der Waals surface area contributed by atoms with Crippen LogP contribution in [0.5, 0.6) is 0 Å². The highest BCUT2D eigenvalue weighted by molar-refractivity contribution is 6.30. The number of hydrogen-bond donors (Lipinski definition) is 2. The molecule has 1 aromatic carbocycles. The van der Waals surface area contributed by atoms with Crippen LogP contribution in [0.1, 0.15) is 61.0 Å². The van der Waals surface area contributed by atoms with Crippen molar-refractivity contribution in [3.8, 4) is 0 Å². The van der Waals surface area contributed by atoms with Gasteiger partial charge < -0.3 is 15.1 Å². The van der Waals surface area contributed by atoms with Crippen molar-refractivity contribution in [1.29, 1.82) is 0 Å². The van der Waals surface area contributed by atoms with Crippen molar-refractivity contribution < 1.29 is 19.8 Å². The third-order valence-electron chi connectivity index (χ3n) is 5.65. The second-order valence-corrected chi connectivity index (χ2v) is 9.98. The van der Waals surface area contributed by atoms with E-state index in [1.54, 1.807) is 38.1 Å². The molecule has 0 atom stereocenters. The van der Waals surface area contributed by atoms with Crippen LogP contribution in [-0.2, 0) is 15.0 Å². The Bertz CT molecular complexity index is 874. The molecule has 0 aliphatic carbocycles. The lowest BCUT2D eigenvalue weighted by Crippen LogP contribution is -2.55. The van der Waals surface area contributed by atoms with Gasteiger partial charge in [-0.3, -0.25) is 0 Å². The first-order chi connectivity index (χ1) is 13.1. The average Bonchev–Trinajstić information content (AvgIpc) is 2.51. The molecule has 1 aliphatic heterocycles. The van der Waals surface area contributed by atoms with Crippen LogP contribution in [0.3, 0.4) is 0 Å². The van der Waals surface area contributed by atoms with Crippen LogP contribution >= 0.6 is 11.6 Å². The maximum Gasteiger partial charge on any atom is 0.334 e. The van der Waals surface area contributed by atoms with E-state index < -0.39 is 28.3 Å². The predicted octanol–water partition coefficient (Wildman–Crippen LogP) is 5.46. The van der Waals surface area contributed by atoms with Gasteiger partial charge in [0.05, 0.1) is 16.6 Å². The van der Waals surface area contributed by atoms with Crippen molar-refractivity contribution in [2.75, 3.05) is 0 Å². The molecule has 29 heavy (non-hydrogen) atoms. The normalized spacial score (nSPS) is 17.6. The van der Waals surface area contributed by atoms with E-state index in [0.29, 0.717) is 22.0 Å². The maximum atomic E-state index is 12.7. The van der Waals surface area contributed by atoms with Crippen molar-refractivity contribution in [2.45, 2.75) is 66.3 Å². The zero-order valence-electron chi connectivity index (χ0n) is 18.3. The molecule has 0 radical (unpaired) electrons. The number of hydrogen-bond acceptors (Lipinski definition) is 3. The number of carbonyl (C=O) groups is 2. The number of allylic oxidation sites excluding steroid dienone is 2. The summed E-state index contributed by atoms with van der Waals surface area (Å²) in [5.41, 5.74) is -0.804. The molecule has 2 N–H and O–H groups in total. The van der Waals surface area contributed by atoms with Gasteiger partial charge in [-0.2, -0.15) is 0 Å². The molecular formula is C23H30ClNO4. The predicted molar refractivity (Wildman–Crippen MR) is 115 cm³/mol. The van der Waals surface area contributed by atoms with Crippen molar-refractivity contribution in [3.05, 3.63) is 57.4 Å². The molecule has 0 fully saturated rings. The third kappa shape index (κ3) is 3.46. The van der Waals surface area contributed by atoms with Crippen molar-refractivity contribution in [3.63, 3.8) is 0 Å². The standard InChI is InChI=1S/C23H30ClNO4/c1-13-17(19(26)27)23(21(3,4)5,15-9-11-16(24)12-10-15)18(20(28)29)14(2)25(13)22(6,7)8/h9-12H,1-8H3,(H,26,27)(H,28,29). The Morgan fingerprint density at radius 1 is 0.862 bits per heavy atom.